The highest BCUT2D eigenvalue weighted by Crippen LogP contribution is 2.19. The van der Waals surface area contributed by atoms with E-state index in [2.05, 4.69) is 15.9 Å². The van der Waals surface area contributed by atoms with Crippen molar-refractivity contribution in [3.8, 4) is 17.2 Å². The van der Waals surface area contributed by atoms with Gasteiger partial charge in [0, 0.05) is 10.5 Å². The zero-order chi connectivity index (χ0) is 12.1. The number of rotatable bonds is 4. The molecule has 2 aromatic carbocycles. The highest BCUT2D eigenvalue weighted by Gasteiger charge is 2.00. The van der Waals surface area contributed by atoms with Gasteiger partial charge in [0.15, 0.2) is 0 Å². The van der Waals surface area contributed by atoms with Crippen LogP contribution in [0.4, 0.5) is 0 Å². The third kappa shape index (κ3) is 3.71. The Balaban J connectivity index is 1.87. The number of phenols is 1. The Morgan fingerprint density at radius 3 is 2.24 bits per heavy atom. The quantitative estimate of drug-likeness (QED) is 0.881. The van der Waals surface area contributed by atoms with E-state index in [1.54, 1.807) is 18.2 Å². The maximum absolute atomic E-state index is 9.24. The van der Waals surface area contributed by atoms with Gasteiger partial charge in [-0.15, -0.1) is 0 Å². The molecule has 0 heterocycles. The van der Waals surface area contributed by atoms with Crippen molar-refractivity contribution >= 4 is 23.6 Å². The van der Waals surface area contributed by atoms with E-state index in [1.807, 2.05) is 24.3 Å². The Morgan fingerprint density at radius 2 is 1.59 bits per heavy atom. The van der Waals surface area contributed by atoms with Crippen molar-refractivity contribution in [2.24, 2.45) is 0 Å². The summed E-state index contributed by atoms with van der Waals surface area (Å²) in [5.74, 6) is 1.46. The van der Waals surface area contributed by atoms with E-state index in [0.29, 0.717) is 5.75 Å². The predicted molar refractivity (Wildman–Crippen MR) is 70.7 cm³/mol. The molecule has 2 aromatic rings. The first-order chi connectivity index (χ1) is 8.24. The molecular weight excluding hydrogens is 283 g/mol. The maximum atomic E-state index is 9.24. The standard InChI is InChI=1S/C12H10BBrO3/c14-9-3-1-5-11(7-9)16-13-17-12-6-2-4-10(15)8-12/h1-8,13,15H. The topological polar surface area (TPSA) is 38.7 Å². The van der Waals surface area contributed by atoms with E-state index < -0.39 is 0 Å². The zero-order valence-corrected chi connectivity index (χ0v) is 10.6. The molecule has 0 atom stereocenters. The average molecular weight is 293 g/mol. The molecule has 0 unspecified atom stereocenters. The molecule has 2 rings (SSSR count). The fourth-order valence-electron chi connectivity index (χ4n) is 1.30. The van der Waals surface area contributed by atoms with E-state index >= 15 is 0 Å². The summed E-state index contributed by atoms with van der Waals surface area (Å²) in [7, 11) is 0.0971. The van der Waals surface area contributed by atoms with Crippen molar-refractivity contribution in [1.29, 1.82) is 0 Å². The van der Waals surface area contributed by atoms with Crippen LogP contribution in [0.3, 0.4) is 0 Å². The summed E-state index contributed by atoms with van der Waals surface area (Å²) in [4.78, 5) is 0. The molecule has 0 saturated heterocycles. The summed E-state index contributed by atoms with van der Waals surface area (Å²) in [6.45, 7) is 0. The van der Waals surface area contributed by atoms with E-state index in [0.717, 1.165) is 10.2 Å². The van der Waals surface area contributed by atoms with Gasteiger partial charge in [0.2, 0.25) is 0 Å². The fraction of sp³-hybridized carbons (Fsp3) is 0. The lowest BCUT2D eigenvalue weighted by molar-refractivity contribution is 0.448. The van der Waals surface area contributed by atoms with Crippen LogP contribution in [0.15, 0.2) is 53.0 Å². The molecule has 0 spiro atoms. The summed E-state index contributed by atoms with van der Waals surface area (Å²) >= 11 is 3.35. The molecule has 1 N–H and O–H groups in total. The second-order valence-electron chi connectivity index (χ2n) is 3.36. The minimum atomic E-state index is 0.0971. The van der Waals surface area contributed by atoms with Gasteiger partial charge in [-0.1, -0.05) is 28.1 Å². The molecule has 17 heavy (non-hydrogen) atoms. The van der Waals surface area contributed by atoms with Crippen LogP contribution in [0.5, 0.6) is 17.2 Å². The highest BCUT2D eigenvalue weighted by atomic mass is 79.9. The molecule has 0 bridgehead atoms. The Labute approximate surface area is 108 Å². The van der Waals surface area contributed by atoms with Gasteiger partial charge in [0.05, 0.1) is 0 Å². The first kappa shape index (κ1) is 11.9. The van der Waals surface area contributed by atoms with Crippen molar-refractivity contribution in [2.75, 3.05) is 0 Å². The highest BCUT2D eigenvalue weighted by molar-refractivity contribution is 9.10. The Hall–Kier alpha value is -1.62. The van der Waals surface area contributed by atoms with Crippen molar-refractivity contribution in [3.05, 3.63) is 53.0 Å². The lowest BCUT2D eigenvalue weighted by Gasteiger charge is -2.07. The number of hydrogen-bond acceptors (Lipinski definition) is 3. The van der Waals surface area contributed by atoms with Gasteiger partial charge in [0.25, 0.3) is 0 Å². The van der Waals surface area contributed by atoms with Crippen LogP contribution in [-0.2, 0) is 0 Å². The number of aromatic hydroxyl groups is 1. The Morgan fingerprint density at radius 1 is 0.941 bits per heavy atom. The molecule has 0 aliphatic carbocycles. The summed E-state index contributed by atoms with van der Waals surface area (Å²) in [6.07, 6.45) is 0. The number of phenolic OH excluding ortho intramolecular Hbond substituents is 1. The molecule has 0 saturated carbocycles. The fourth-order valence-corrected chi connectivity index (χ4v) is 1.67. The minimum absolute atomic E-state index is 0.0971. The van der Waals surface area contributed by atoms with Gasteiger partial charge in [-0.25, -0.2) is 0 Å². The third-order valence-electron chi connectivity index (χ3n) is 2.06. The van der Waals surface area contributed by atoms with E-state index in [-0.39, 0.29) is 13.4 Å². The second kappa shape index (κ2) is 5.64. The van der Waals surface area contributed by atoms with Gasteiger partial charge >= 0.3 is 7.69 Å². The molecule has 0 aromatic heterocycles. The van der Waals surface area contributed by atoms with E-state index in [9.17, 15) is 5.11 Å². The molecule has 86 valence electrons. The SMILES string of the molecule is Oc1cccc(OBOc2cccc(Br)c2)c1. The lowest BCUT2D eigenvalue weighted by atomic mass is 10.3. The monoisotopic (exact) mass is 292 g/mol. The predicted octanol–water partition coefficient (Wildman–Crippen LogP) is 2.88. The molecule has 0 aliphatic heterocycles. The van der Waals surface area contributed by atoms with Crippen LogP contribution in [0.2, 0.25) is 0 Å². The van der Waals surface area contributed by atoms with Crippen molar-refractivity contribution in [1.82, 2.24) is 0 Å². The largest absolute Gasteiger partial charge is 0.576 e. The maximum Gasteiger partial charge on any atom is 0.576 e. The lowest BCUT2D eigenvalue weighted by Crippen LogP contribution is -2.10. The molecule has 0 radical (unpaired) electrons. The van der Waals surface area contributed by atoms with E-state index in [1.165, 1.54) is 6.07 Å². The van der Waals surface area contributed by atoms with Crippen molar-refractivity contribution < 1.29 is 14.4 Å². The smallest absolute Gasteiger partial charge is 0.528 e. The zero-order valence-electron chi connectivity index (χ0n) is 8.97. The minimum Gasteiger partial charge on any atom is -0.528 e. The number of halogens is 1. The van der Waals surface area contributed by atoms with E-state index in [4.69, 9.17) is 9.31 Å². The Bertz CT molecular complexity index is 459. The molecule has 0 fully saturated rings. The first-order valence-electron chi connectivity index (χ1n) is 5.04. The van der Waals surface area contributed by atoms with Gasteiger partial charge in [0.1, 0.15) is 17.2 Å². The van der Waals surface area contributed by atoms with Gasteiger partial charge < -0.3 is 14.4 Å². The average Bonchev–Trinajstić information content (AvgIpc) is 2.29. The van der Waals surface area contributed by atoms with Crippen LogP contribution < -0.4 is 9.31 Å². The first-order valence-corrected chi connectivity index (χ1v) is 5.83. The Kier molecular flexibility index (Phi) is 3.93. The van der Waals surface area contributed by atoms with Crippen LogP contribution >= 0.6 is 15.9 Å². The van der Waals surface area contributed by atoms with Crippen molar-refractivity contribution in [2.45, 2.75) is 0 Å². The summed E-state index contributed by atoms with van der Waals surface area (Å²) in [6, 6.07) is 14.1. The van der Waals surface area contributed by atoms with Crippen LogP contribution in [-0.4, -0.2) is 12.8 Å². The third-order valence-corrected chi connectivity index (χ3v) is 2.56. The van der Waals surface area contributed by atoms with Crippen LogP contribution in [0.25, 0.3) is 0 Å². The number of benzene rings is 2. The van der Waals surface area contributed by atoms with Crippen LogP contribution in [0, 0.1) is 0 Å². The summed E-state index contributed by atoms with van der Waals surface area (Å²) < 4.78 is 11.7. The summed E-state index contributed by atoms with van der Waals surface area (Å²) in [5.41, 5.74) is 0. The molecule has 0 amide bonds. The van der Waals surface area contributed by atoms with Gasteiger partial charge in [-0.3, -0.25) is 0 Å². The second-order valence-corrected chi connectivity index (χ2v) is 4.28. The molecular formula is C12H10BBrO3. The molecule has 5 heteroatoms. The van der Waals surface area contributed by atoms with Gasteiger partial charge in [-0.2, -0.15) is 0 Å². The molecule has 3 nitrogen and oxygen atoms in total. The molecule has 0 aliphatic rings. The van der Waals surface area contributed by atoms with Gasteiger partial charge in [-0.05, 0) is 30.3 Å². The number of hydrogen-bond donors (Lipinski definition) is 1. The normalized spacial score (nSPS) is 9.71. The van der Waals surface area contributed by atoms with Crippen LogP contribution in [0.1, 0.15) is 0 Å². The van der Waals surface area contributed by atoms with Crippen molar-refractivity contribution in [3.63, 3.8) is 0 Å². The summed E-state index contributed by atoms with van der Waals surface area (Å²) in [5, 5.41) is 9.24.